The average molecular weight is 376 g/mol. The minimum atomic E-state index is -3.87. The molecule has 26 heavy (non-hydrogen) atoms. The molecule has 2 aromatic carbocycles. The van der Waals surface area contributed by atoms with E-state index in [1.54, 1.807) is 0 Å². The summed E-state index contributed by atoms with van der Waals surface area (Å²) in [6.45, 7) is 1.14. The first-order valence-corrected chi connectivity index (χ1v) is 8.78. The highest BCUT2D eigenvalue weighted by molar-refractivity contribution is 7.89. The molecular weight excluding hydrogens is 360 g/mol. The number of benzene rings is 2. The van der Waals surface area contributed by atoms with E-state index in [9.17, 15) is 22.8 Å². The van der Waals surface area contributed by atoms with E-state index in [1.807, 2.05) is 0 Å². The number of hydrogen-bond acceptors (Lipinski definition) is 6. The van der Waals surface area contributed by atoms with Crippen molar-refractivity contribution in [1.29, 1.82) is 0 Å². The van der Waals surface area contributed by atoms with Crippen LogP contribution in [0.1, 0.15) is 6.92 Å². The Bertz CT molecular complexity index is 953. The van der Waals surface area contributed by atoms with Gasteiger partial charge >= 0.3 is 11.8 Å². The van der Waals surface area contributed by atoms with Crippen molar-refractivity contribution >= 4 is 44.8 Å². The normalized spacial score (nSPS) is 10.8. The Morgan fingerprint density at radius 2 is 1.50 bits per heavy atom. The van der Waals surface area contributed by atoms with Gasteiger partial charge in [-0.05, 0) is 48.5 Å². The number of nitrogen functional groups attached to an aromatic ring is 1. The number of anilines is 3. The molecule has 0 unspecified atom stereocenters. The van der Waals surface area contributed by atoms with Gasteiger partial charge in [-0.25, -0.2) is 18.5 Å². The highest BCUT2D eigenvalue weighted by Crippen LogP contribution is 2.18. The van der Waals surface area contributed by atoms with Crippen LogP contribution in [0.15, 0.2) is 53.4 Å². The summed E-state index contributed by atoms with van der Waals surface area (Å²) in [6.07, 6.45) is 0. The number of carbonyl (C=O) groups excluding carboxylic acids is 3. The highest BCUT2D eigenvalue weighted by atomic mass is 32.2. The van der Waals surface area contributed by atoms with Gasteiger partial charge < -0.3 is 11.1 Å². The molecule has 0 spiro atoms. The summed E-state index contributed by atoms with van der Waals surface area (Å²) in [5.74, 6) is -2.82. The smallest absolute Gasteiger partial charge is 0.323 e. The molecule has 9 nitrogen and oxygen atoms in total. The van der Waals surface area contributed by atoms with Gasteiger partial charge in [0.05, 0.1) is 10.6 Å². The molecule has 2 rings (SSSR count). The first-order valence-electron chi connectivity index (χ1n) is 7.24. The van der Waals surface area contributed by atoms with Gasteiger partial charge in [-0.15, -0.1) is 0 Å². The van der Waals surface area contributed by atoms with E-state index < -0.39 is 27.7 Å². The molecule has 3 amide bonds. The molecule has 0 aliphatic rings. The van der Waals surface area contributed by atoms with Crippen molar-refractivity contribution < 1.29 is 22.8 Å². The molecule has 136 valence electrons. The van der Waals surface area contributed by atoms with Gasteiger partial charge in [0.1, 0.15) is 0 Å². The van der Waals surface area contributed by atoms with Crippen molar-refractivity contribution in [3.8, 4) is 0 Å². The van der Waals surface area contributed by atoms with Crippen LogP contribution in [0.5, 0.6) is 0 Å². The second-order valence-electron chi connectivity index (χ2n) is 5.27. The molecule has 0 saturated carbocycles. The Hall–Kier alpha value is -3.24. The van der Waals surface area contributed by atoms with Crippen LogP contribution in [0.25, 0.3) is 0 Å². The van der Waals surface area contributed by atoms with Crippen LogP contribution in [-0.4, -0.2) is 26.1 Å². The predicted octanol–water partition coefficient (Wildman–Crippen LogP) is 0.434. The highest BCUT2D eigenvalue weighted by Gasteiger charge is 2.27. The van der Waals surface area contributed by atoms with Gasteiger partial charge in [0.15, 0.2) is 0 Å². The lowest BCUT2D eigenvalue weighted by molar-refractivity contribution is -0.136. The summed E-state index contributed by atoms with van der Waals surface area (Å²) < 4.78 is 22.4. The average Bonchev–Trinajstić information content (AvgIpc) is 2.56. The second kappa shape index (κ2) is 7.33. The molecule has 2 aromatic rings. The zero-order valence-corrected chi connectivity index (χ0v) is 14.5. The fourth-order valence-electron chi connectivity index (χ4n) is 2.08. The fraction of sp³-hybridized carbons (Fsp3) is 0.0625. The zero-order valence-electron chi connectivity index (χ0n) is 13.7. The maximum Gasteiger partial charge on any atom is 0.323 e. The van der Waals surface area contributed by atoms with E-state index in [4.69, 9.17) is 10.9 Å². The molecule has 5 N–H and O–H groups in total. The van der Waals surface area contributed by atoms with Gasteiger partial charge in [-0.3, -0.25) is 14.4 Å². The topological polar surface area (TPSA) is 153 Å². The second-order valence-corrected chi connectivity index (χ2v) is 6.84. The van der Waals surface area contributed by atoms with Crippen LogP contribution in [0.3, 0.4) is 0 Å². The van der Waals surface area contributed by atoms with Crippen LogP contribution in [0.2, 0.25) is 0 Å². The Kier molecular flexibility index (Phi) is 5.38. The quantitative estimate of drug-likeness (QED) is 0.522. The standard InChI is InChI=1S/C16H16N4O5S/c1-10(21)20(13-6-2-11(17)3-7-13)16(23)15(22)19-12-4-8-14(9-5-12)26(18,24)25/h2-9H,17H2,1H3,(H,19,22)(H2,18,24,25). The molecule has 0 bridgehead atoms. The SMILES string of the molecule is CC(=O)N(C(=O)C(=O)Nc1ccc(S(N)(=O)=O)cc1)c1ccc(N)cc1. The van der Waals surface area contributed by atoms with Gasteiger partial charge in [-0.1, -0.05) is 0 Å². The number of primary sulfonamides is 1. The minimum Gasteiger partial charge on any atom is -0.399 e. The number of carbonyl (C=O) groups is 3. The summed E-state index contributed by atoms with van der Waals surface area (Å²) in [7, 11) is -3.87. The number of amides is 3. The first-order chi connectivity index (χ1) is 12.1. The third-order valence-electron chi connectivity index (χ3n) is 3.30. The molecule has 0 atom stereocenters. The number of hydrogen-bond donors (Lipinski definition) is 3. The number of nitrogens with two attached hydrogens (primary N) is 2. The van der Waals surface area contributed by atoms with Crippen LogP contribution in [-0.2, 0) is 24.4 Å². The summed E-state index contributed by atoms with van der Waals surface area (Å²) in [4.78, 5) is 36.9. The minimum absolute atomic E-state index is 0.144. The maximum atomic E-state index is 12.3. The van der Waals surface area contributed by atoms with Crippen LogP contribution >= 0.6 is 0 Å². The van der Waals surface area contributed by atoms with Gasteiger partial charge in [0.2, 0.25) is 15.9 Å². The van der Waals surface area contributed by atoms with Crippen molar-refractivity contribution in [1.82, 2.24) is 0 Å². The predicted molar refractivity (Wildman–Crippen MR) is 95.5 cm³/mol. The molecule has 0 heterocycles. The van der Waals surface area contributed by atoms with Crippen molar-refractivity contribution in [2.24, 2.45) is 5.14 Å². The van der Waals surface area contributed by atoms with Crippen LogP contribution in [0.4, 0.5) is 17.1 Å². The van der Waals surface area contributed by atoms with E-state index in [2.05, 4.69) is 5.32 Å². The molecule has 0 aliphatic heterocycles. The Labute approximate surface area is 149 Å². The lowest BCUT2D eigenvalue weighted by atomic mass is 10.2. The lowest BCUT2D eigenvalue weighted by Gasteiger charge is -2.18. The van der Waals surface area contributed by atoms with E-state index >= 15 is 0 Å². The number of nitrogens with one attached hydrogen (secondary N) is 1. The Balaban J connectivity index is 2.20. The number of nitrogens with zero attached hydrogens (tertiary/aromatic N) is 1. The van der Waals surface area contributed by atoms with E-state index in [1.165, 1.54) is 48.5 Å². The third kappa shape index (κ3) is 4.43. The molecule has 0 saturated heterocycles. The summed E-state index contributed by atoms with van der Waals surface area (Å²) in [5.41, 5.74) is 6.35. The fourth-order valence-corrected chi connectivity index (χ4v) is 2.59. The van der Waals surface area contributed by atoms with E-state index in [0.29, 0.717) is 10.6 Å². The molecule has 0 fully saturated rings. The lowest BCUT2D eigenvalue weighted by Crippen LogP contribution is -2.42. The van der Waals surface area contributed by atoms with Crippen molar-refractivity contribution in [2.45, 2.75) is 11.8 Å². The van der Waals surface area contributed by atoms with Crippen molar-refractivity contribution in [3.05, 3.63) is 48.5 Å². The van der Waals surface area contributed by atoms with E-state index in [-0.39, 0.29) is 16.3 Å². The van der Waals surface area contributed by atoms with Crippen molar-refractivity contribution in [3.63, 3.8) is 0 Å². The first kappa shape index (κ1) is 19.1. The number of rotatable bonds is 3. The molecule has 0 radical (unpaired) electrons. The summed E-state index contributed by atoms with van der Waals surface area (Å²) in [6, 6.07) is 10.7. The zero-order chi connectivity index (χ0) is 19.5. The molecular formula is C16H16N4O5S. The summed E-state index contributed by atoms with van der Waals surface area (Å²) >= 11 is 0. The molecule has 10 heteroatoms. The Morgan fingerprint density at radius 3 is 1.96 bits per heavy atom. The van der Waals surface area contributed by atoms with Crippen molar-refractivity contribution in [2.75, 3.05) is 16.0 Å². The monoisotopic (exact) mass is 376 g/mol. The van der Waals surface area contributed by atoms with E-state index in [0.717, 1.165) is 6.92 Å². The molecule has 0 aromatic heterocycles. The van der Waals surface area contributed by atoms with Crippen LogP contribution in [0, 0.1) is 0 Å². The third-order valence-corrected chi connectivity index (χ3v) is 4.23. The summed E-state index contributed by atoms with van der Waals surface area (Å²) in [5, 5.41) is 7.28. The Morgan fingerprint density at radius 1 is 0.962 bits per heavy atom. The van der Waals surface area contributed by atoms with Gasteiger partial charge in [-0.2, -0.15) is 0 Å². The largest absolute Gasteiger partial charge is 0.399 e. The van der Waals surface area contributed by atoms with Gasteiger partial charge in [0, 0.05) is 18.3 Å². The van der Waals surface area contributed by atoms with Gasteiger partial charge in [0.25, 0.3) is 0 Å². The van der Waals surface area contributed by atoms with Crippen LogP contribution < -0.4 is 21.1 Å². The number of imide groups is 1. The number of sulfonamides is 1. The maximum absolute atomic E-state index is 12.3. The molecule has 0 aliphatic carbocycles.